The van der Waals surface area contributed by atoms with E-state index < -0.39 is 0 Å². The van der Waals surface area contributed by atoms with Gasteiger partial charge in [-0.15, -0.1) is 0 Å². The second kappa shape index (κ2) is 8.84. The summed E-state index contributed by atoms with van der Waals surface area (Å²) in [6, 6.07) is 8.05. The van der Waals surface area contributed by atoms with E-state index in [-0.39, 0.29) is 6.04 Å². The fourth-order valence-corrected chi connectivity index (χ4v) is 3.55. The van der Waals surface area contributed by atoms with Crippen molar-refractivity contribution in [3.63, 3.8) is 0 Å². The number of aryl methyl sites for hydroxylation is 1. The zero-order valence-electron chi connectivity index (χ0n) is 15.4. The van der Waals surface area contributed by atoms with Crippen LogP contribution >= 0.6 is 0 Å². The Hall–Kier alpha value is -2.36. The summed E-state index contributed by atoms with van der Waals surface area (Å²) in [6.07, 6.45) is 5.97. The summed E-state index contributed by atoms with van der Waals surface area (Å²) < 4.78 is 13.1. The molecular formula is C20H26N4O2. The standard InChI is InChI=1S/C20H26N4O2/c1-3-24-9-8-22-20(24)19(16-6-10-26-11-7-16)23-14-15-4-5-17(13-21)18(12-15)25-2/h4-5,8-9,12,16,19,23H,3,6-7,10-11,14H2,1-2H3. The summed E-state index contributed by atoms with van der Waals surface area (Å²) in [4.78, 5) is 4.63. The first-order valence-corrected chi connectivity index (χ1v) is 9.16. The van der Waals surface area contributed by atoms with Gasteiger partial charge in [0.25, 0.3) is 0 Å². The third kappa shape index (κ3) is 4.06. The Bertz CT molecular complexity index is 759. The Morgan fingerprint density at radius 3 is 2.92 bits per heavy atom. The molecule has 0 spiro atoms. The van der Waals surface area contributed by atoms with Gasteiger partial charge in [-0.25, -0.2) is 4.98 Å². The van der Waals surface area contributed by atoms with Crippen LogP contribution in [0.4, 0.5) is 0 Å². The number of benzene rings is 1. The Kier molecular flexibility index (Phi) is 6.26. The topological polar surface area (TPSA) is 72.1 Å². The summed E-state index contributed by atoms with van der Waals surface area (Å²) >= 11 is 0. The number of methoxy groups -OCH3 is 1. The average molecular weight is 354 g/mol. The van der Waals surface area contributed by atoms with Crippen LogP contribution in [-0.4, -0.2) is 29.9 Å². The number of aromatic nitrogens is 2. The largest absolute Gasteiger partial charge is 0.495 e. The Morgan fingerprint density at radius 1 is 1.42 bits per heavy atom. The van der Waals surface area contributed by atoms with Gasteiger partial charge in [-0.05, 0) is 43.4 Å². The van der Waals surface area contributed by atoms with Gasteiger partial charge in [-0.3, -0.25) is 0 Å². The highest BCUT2D eigenvalue weighted by Crippen LogP contribution is 2.30. The number of imidazole rings is 1. The minimum absolute atomic E-state index is 0.176. The molecule has 1 aromatic carbocycles. The van der Waals surface area contributed by atoms with Crippen LogP contribution in [0.25, 0.3) is 0 Å². The number of nitrogens with zero attached hydrogens (tertiary/aromatic N) is 3. The SMILES string of the molecule is CCn1ccnc1C(NCc1ccc(C#N)c(OC)c1)C1CCOCC1. The number of nitrogens with one attached hydrogen (secondary N) is 1. The van der Waals surface area contributed by atoms with Gasteiger partial charge < -0.3 is 19.4 Å². The fourth-order valence-electron chi connectivity index (χ4n) is 3.55. The van der Waals surface area contributed by atoms with Crippen LogP contribution in [0.2, 0.25) is 0 Å². The molecular weight excluding hydrogens is 328 g/mol. The minimum Gasteiger partial charge on any atom is -0.495 e. The van der Waals surface area contributed by atoms with Crippen LogP contribution in [0.1, 0.15) is 42.8 Å². The van der Waals surface area contributed by atoms with Crippen molar-refractivity contribution >= 4 is 0 Å². The van der Waals surface area contributed by atoms with Gasteiger partial charge in [0.2, 0.25) is 0 Å². The zero-order valence-corrected chi connectivity index (χ0v) is 15.4. The van der Waals surface area contributed by atoms with E-state index in [1.165, 1.54) is 0 Å². The zero-order chi connectivity index (χ0) is 18.4. The number of rotatable bonds is 7. The maximum atomic E-state index is 9.14. The minimum atomic E-state index is 0.176. The molecule has 3 rings (SSSR count). The van der Waals surface area contributed by atoms with Gasteiger partial charge in [0.1, 0.15) is 17.6 Å². The first-order valence-electron chi connectivity index (χ1n) is 9.16. The van der Waals surface area contributed by atoms with Crippen molar-refractivity contribution in [2.24, 2.45) is 5.92 Å². The molecule has 1 aromatic heterocycles. The lowest BCUT2D eigenvalue weighted by Gasteiger charge is -2.31. The van der Waals surface area contributed by atoms with Crippen molar-refractivity contribution in [3.05, 3.63) is 47.5 Å². The van der Waals surface area contributed by atoms with Gasteiger partial charge in [-0.2, -0.15) is 5.26 Å². The summed E-state index contributed by atoms with van der Waals surface area (Å²) in [5.41, 5.74) is 1.64. The number of hydrogen-bond donors (Lipinski definition) is 1. The molecule has 1 aliphatic rings. The van der Waals surface area contributed by atoms with Gasteiger partial charge in [-0.1, -0.05) is 6.07 Å². The number of hydrogen-bond acceptors (Lipinski definition) is 5. The van der Waals surface area contributed by atoms with Crippen LogP contribution in [-0.2, 0) is 17.8 Å². The predicted octanol–water partition coefficient (Wildman–Crippen LogP) is 3.04. The molecule has 6 nitrogen and oxygen atoms in total. The van der Waals surface area contributed by atoms with Crippen molar-refractivity contribution in [3.8, 4) is 11.8 Å². The smallest absolute Gasteiger partial charge is 0.136 e. The lowest BCUT2D eigenvalue weighted by molar-refractivity contribution is 0.0517. The summed E-state index contributed by atoms with van der Waals surface area (Å²) in [5, 5.41) is 12.8. The van der Waals surface area contributed by atoms with Crippen molar-refractivity contribution in [1.82, 2.24) is 14.9 Å². The van der Waals surface area contributed by atoms with E-state index in [1.807, 2.05) is 30.6 Å². The summed E-state index contributed by atoms with van der Waals surface area (Å²) in [5.74, 6) is 2.20. The molecule has 6 heteroatoms. The molecule has 2 aromatic rings. The molecule has 138 valence electrons. The number of ether oxygens (including phenoxy) is 2. The molecule has 26 heavy (non-hydrogen) atoms. The molecule has 1 N–H and O–H groups in total. The van der Waals surface area contributed by atoms with Crippen LogP contribution in [0, 0.1) is 17.2 Å². The Balaban J connectivity index is 1.79. The second-order valence-electron chi connectivity index (χ2n) is 6.53. The van der Waals surface area contributed by atoms with Crippen molar-refractivity contribution in [1.29, 1.82) is 5.26 Å². The van der Waals surface area contributed by atoms with Gasteiger partial charge >= 0.3 is 0 Å². The molecule has 0 bridgehead atoms. The van der Waals surface area contributed by atoms with Crippen LogP contribution in [0.3, 0.4) is 0 Å². The van der Waals surface area contributed by atoms with Crippen LogP contribution < -0.4 is 10.1 Å². The first kappa shape index (κ1) is 18.4. The van der Waals surface area contributed by atoms with Crippen molar-refractivity contribution in [2.75, 3.05) is 20.3 Å². The van der Waals surface area contributed by atoms with Crippen LogP contribution in [0.15, 0.2) is 30.6 Å². The Morgan fingerprint density at radius 2 is 2.23 bits per heavy atom. The lowest BCUT2D eigenvalue weighted by atomic mass is 9.90. The van der Waals surface area contributed by atoms with E-state index in [2.05, 4.69) is 27.9 Å². The van der Waals surface area contributed by atoms with Gasteiger partial charge in [0.15, 0.2) is 0 Å². The molecule has 0 saturated carbocycles. The highest BCUT2D eigenvalue weighted by molar-refractivity contribution is 5.45. The quantitative estimate of drug-likeness (QED) is 0.827. The van der Waals surface area contributed by atoms with Crippen molar-refractivity contribution in [2.45, 2.75) is 38.9 Å². The average Bonchev–Trinajstić information content (AvgIpc) is 3.17. The molecule has 0 radical (unpaired) electrons. The van der Waals surface area contributed by atoms with Gasteiger partial charge in [0.05, 0.1) is 18.7 Å². The van der Waals surface area contributed by atoms with E-state index >= 15 is 0 Å². The Labute approximate surface area is 154 Å². The van der Waals surface area contributed by atoms with E-state index in [0.29, 0.717) is 23.8 Å². The van der Waals surface area contributed by atoms with E-state index in [0.717, 1.165) is 44.0 Å². The third-order valence-corrected chi connectivity index (χ3v) is 5.02. The normalized spacial score (nSPS) is 16.2. The summed E-state index contributed by atoms with van der Waals surface area (Å²) in [6.45, 7) is 5.35. The molecule has 1 fully saturated rings. The molecule has 0 aliphatic carbocycles. The maximum absolute atomic E-state index is 9.14. The third-order valence-electron chi connectivity index (χ3n) is 5.02. The van der Waals surface area contributed by atoms with Gasteiger partial charge in [0, 0.05) is 38.7 Å². The molecule has 2 heterocycles. The monoisotopic (exact) mass is 354 g/mol. The first-order chi connectivity index (χ1) is 12.8. The molecule has 1 unspecified atom stereocenters. The molecule has 1 aliphatic heterocycles. The molecule has 1 atom stereocenters. The van der Waals surface area contributed by atoms with E-state index in [4.69, 9.17) is 14.7 Å². The van der Waals surface area contributed by atoms with E-state index in [9.17, 15) is 0 Å². The highest BCUT2D eigenvalue weighted by Gasteiger charge is 2.28. The predicted molar refractivity (Wildman–Crippen MR) is 98.7 cm³/mol. The maximum Gasteiger partial charge on any atom is 0.136 e. The fraction of sp³-hybridized carbons (Fsp3) is 0.500. The lowest BCUT2D eigenvalue weighted by Crippen LogP contribution is -2.34. The van der Waals surface area contributed by atoms with E-state index in [1.54, 1.807) is 7.11 Å². The summed E-state index contributed by atoms with van der Waals surface area (Å²) in [7, 11) is 1.59. The second-order valence-corrected chi connectivity index (χ2v) is 6.53. The highest BCUT2D eigenvalue weighted by atomic mass is 16.5. The molecule has 0 amide bonds. The van der Waals surface area contributed by atoms with Crippen LogP contribution in [0.5, 0.6) is 5.75 Å². The number of nitriles is 1. The van der Waals surface area contributed by atoms with Crippen molar-refractivity contribution < 1.29 is 9.47 Å². The molecule has 1 saturated heterocycles.